The van der Waals surface area contributed by atoms with Crippen molar-refractivity contribution in [1.29, 1.82) is 0 Å². The van der Waals surface area contributed by atoms with Crippen molar-refractivity contribution in [2.75, 3.05) is 27.2 Å². The Bertz CT molecular complexity index is 186. The Balaban J connectivity index is 4.32. The van der Waals surface area contributed by atoms with Crippen LogP contribution in [0.5, 0.6) is 0 Å². The maximum absolute atomic E-state index is 12.2. The quantitative estimate of drug-likeness (QED) is 0.674. The maximum atomic E-state index is 12.2. The first-order valence-corrected chi connectivity index (χ1v) is 4.63. The molecule has 0 N–H and O–H groups in total. The molecule has 0 rings (SSSR count). The average Bonchev–Trinajstić information content (AvgIpc) is 2.03. The minimum atomic E-state index is -2.90. The van der Waals surface area contributed by atoms with Crippen molar-refractivity contribution < 1.29 is 13.6 Å². The van der Waals surface area contributed by atoms with Gasteiger partial charge < -0.3 is 9.80 Å². The zero-order valence-corrected chi connectivity index (χ0v) is 9.13. The zero-order valence-electron chi connectivity index (χ0n) is 9.13. The first-order chi connectivity index (χ1) is 6.40. The van der Waals surface area contributed by atoms with Crippen LogP contribution < -0.4 is 0 Å². The number of likely N-dealkylation sites (N-methyl/N-ethyl adjacent to an activating group) is 2. The summed E-state index contributed by atoms with van der Waals surface area (Å²) < 4.78 is 24.3. The molecule has 0 aliphatic heterocycles. The van der Waals surface area contributed by atoms with E-state index in [-0.39, 0.29) is 6.04 Å². The number of alkyl halides is 2. The first-order valence-electron chi connectivity index (χ1n) is 4.63. The van der Waals surface area contributed by atoms with E-state index in [1.54, 1.807) is 13.8 Å². The van der Waals surface area contributed by atoms with Crippen molar-refractivity contribution in [2.24, 2.45) is 0 Å². The Kier molecular flexibility index (Phi) is 5.60. The van der Waals surface area contributed by atoms with E-state index in [9.17, 15) is 13.6 Å². The molecule has 0 aromatic rings. The van der Waals surface area contributed by atoms with Gasteiger partial charge in [-0.25, -0.2) is 0 Å². The minimum Gasteiger partial charge on any atom is -0.334 e. The monoisotopic (exact) mass is 208 g/mol. The number of rotatable bonds is 5. The van der Waals surface area contributed by atoms with Crippen LogP contribution in [0.25, 0.3) is 0 Å². The highest BCUT2D eigenvalue weighted by Gasteiger charge is 2.25. The Morgan fingerprint density at radius 2 is 1.86 bits per heavy atom. The molecule has 0 radical (unpaired) electrons. The summed E-state index contributed by atoms with van der Waals surface area (Å²) in [5.41, 5.74) is 0. The van der Waals surface area contributed by atoms with E-state index in [2.05, 4.69) is 0 Å². The molecule has 14 heavy (non-hydrogen) atoms. The van der Waals surface area contributed by atoms with Crippen LogP contribution in [0, 0.1) is 0 Å². The van der Waals surface area contributed by atoms with Crippen molar-refractivity contribution >= 4 is 5.91 Å². The molecule has 1 atom stereocenters. The van der Waals surface area contributed by atoms with Gasteiger partial charge in [0, 0.05) is 19.1 Å². The number of halogens is 2. The van der Waals surface area contributed by atoms with Crippen molar-refractivity contribution in [3.8, 4) is 0 Å². The third-order valence-electron chi connectivity index (χ3n) is 1.97. The van der Waals surface area contributed by atoms with E-state index in [4.69, 9.17) is 0 Å². The van der Waals surface area contributed by atoms with Crippen LogP contribution in [0.2, 0.25) is 0 Å². The van der Waals surface area contributed by atoms with E-state index < -0.39 is 12.3 Å². The van der Waals surface area contributed by atoms with Gasteiger partial charge in [-0.15, -0.1) is 0 Å². The predicted molar refractivity (Wildman–Crippen MR) is 51.4 cm³/mol. The van der Waals surface area contributed by atoms with E-state index in [0.717, 1.165) is 0 Å². The van der Waals surface area contributed by atoms with Gasteiger partial charge in [0.25, 0.3) is 5.91 Å². The summed E-state index contributed by atoms with van der Waals surface area (Å²) in [4.78, 5) is 14.1. The highest BCUT2D eigenvalue weighted by Crippen LogP contribution is 2.06. The van der Waals surface area contributed by atoms with Gasteiger partial charge in [-0.05, 0) is 27.9 Å². The third kappa shape index (κ3) is 4.00. The van der Waals surface area contributed by atoms with Crippen molar-refractivity contribution in [1.82, 2.24) is 9.80 Å². The molecule has 0 saturated heterocycles. The fourth-order valence-corrected chi connectivity index (χ4v) is 1.44. The Labute approximate surface area is 83.7 Å². The first kappa shape index (κ1) is 13.3. The topological polar surface area (TPSA) is 23.6 Å². The third-order valence-corrected chi connectivity index (χ3v) is 1.97. The molecule has 0 spiro atoms. The van der Waals surface area contributed by atoms with E-state index in [1.165, 1.54) is 4.90 Å². The highest BCUT2D eigenvalue weighted by atomic mass is 19.3. The molecule has 0 aliphatic carbocycles. The molecule has 5 heteroatoms. The number of carbonyl (C=O) groups excluding carboxylic acids is 1. The van der Waals surface area contributed by atoms with Gasteiger partial charge in [-0.1, -0.05) is 0 Å². The summed E-state index contributed by atoms with van der Waals surface area (Å²) in [6.07, 6.45) is -2.90. The molecule has 84 valence electrons. The van der Waals surface area contributed by atoms with Crippen LogP contribution in [0.4, 0.5) is 8.78 Å². The molecule has 0 aromatic heterocycles. The standard InChI is InChI=1S/C9H18F2N2O/c1-5-13(9(14)8(10)11)7(2)6-12(3)4/h7-8H,5-6H2,1-4H3. The Morgan fingerprint density at radius 3 is 2.14 bits per heavy atom. The Morgan fingerprint density at radius 1 is 1.36 bits per heavy atom. The largest absolute Gasteiger partial charge is 0.334 e. The van der Waals surface area contributed by atoms with Gasteiger partial charge >= 0.3 is 6.43 Å². The summed E-state index contributed by atoms with van der Waals surface area (Å²) in [6.45, 7) is 4.38. The van der Waals surface area contributed by atoms with Crippen LogP contribution in [0.1, 0.15) is 13.8 Å². The Hall–Kier alpha value is -0.710. The van der Waals surface area contributed by atoms with Gasteiger partial charge in [-0.2, -0.15) is 8.78 Å². The average molecular weight is 208 g/mol. The van der Waals surface area contributed by atoms with Gasteiger partial charge in [0.15, 0.2) is 0 Å². The second-order valence-electron chi connectivity index (χ2n) is 3.54. The van der Waals surface area contributed by atoms with Gasteiger partial charge in [0.2, 0.25) is 0 Å². The lowest BCUT2D eigenvalue weighted by Crippen LogP contribution is -2.46. The number of hydrogen-bond acceptors (Lipinski definition) is 2. The molecular weight excluding hydrogens is 190 g/mol. The molecule has 1 unspecified atom stereocenters. The molecule has 0 aliphatic rings. The van der Waals surface area contributed by atoms with Crippen molar-refractivity contribution in [2.45, 2.75) is 26.3 Å². The minimum absolute atomic E-state index is 0.184. The van der Waals surface area contributed by atoms with Gasteiger partial charge in [0.05, 0.1) is 0 Å². The molecule has 0 bridgehead atoms. The van der Waals surface area contributed by atoms with E-state index >= 15 is 0 Å². The maximum Gasteiger partial charge on any atom is 0.315 e. The van der Waals surface area contributed by atoms with Crippen LogP contribution >= 0.6 is 0 Å². The van der Waals surface area contributed by atoms with Crippen LogP contribution in [-0.2, 0) is 4.79 Å². The fourth-order valence-electron chi connectivity index (χ4n) is 1.44. The van der Waals surface area contributed by atoms with Crippen LogP contribution in [-0.4, -0.2) is 55.4 Å². The summed E-state index contributed by atoms with van der Waals surface area (Å²) in [6, 6.07) is -0.184. The number of nitrogens with zero attached hydrogens (tertiary/aromatic N) is 2. The smallest absolute Gasteiger partial charge is 0.315 e. The van der Waals surface area contributed by atoms with Gasteiger partial charge in [0.1, 0.15) is 0 Å². The molecule has 1 amide bonds. The normalized spacial score (nSPS) is 13.4. The zero-order chi connectivity index (χ0) is 11.3. The number of amides is 1. The molecule has 0 saturated carbocycles. The lowest BCUT2D eigenvalue weighted by Gasteiger charge is -2.29. The van der Waals surface area contributed by atoms with Crippen molar-refractivity contribution in [3.63, 3.8) is 0 Å². The molecule has 0 fully saturated rings. The number of carbonyl (C=O) groups is 1. The number of hydrogen-bond donors (Lipinski definition) is 0. The van der Waals surface area contributed by atoms with Crippen molar-refractivity contribution in [3.05, 3.63) is 0 Å². The molecule has 3 nitrogen and oxygen atoms in total. The fraction of sp³-hybridized carbons (Fsp3) is 0.889. The summed E-state index contributed by atoms with van der Waals surface area (Å²) in [5.74, 6) is -1.08. The predicted octanol–water partition coefficient (Wildman–Crippen LogP) is 1.05. The van der Waals surface area contributed by atoms with E-state index in [0.29, 0.717) is 13.1 Å². The SMILES string of the molecule is CCN(C(=O)C(F)F)C(C)CN(C)C. The second kappa shape index (κ2) is 5.90. The lowest BCUT2D eigenvalue weighted by molar-refractivity contribution is -0.144. The molecular formula is C9H18F2N2O. The van der Waals surface area contributed by atoms with Gasteiger partial charge in [-0.3, -0.25) is 4.79 Å². The second-order valence-corrected chi connectivity index (χ2v) is 3.54. The van der Waals surface area contributed by atoms with Crippen LogP contribution in [0.15, 0.2) is 0 Å². The summed E-state index contributed by atoms with van der Waals surface area (Å²) in [5, 5.41) is 0. The highest BCUT2D eigenvalue weighted by molar-refractivity contribution is 5.79. The van der Waals surface area contributed by atoms with Crippen LogP contribution in [0.3, 0.4) is 0 Å². The lowest BCUT2D eigenvalue weighted by atomic mass is 10.2. The summed E-state index contributed by atoms with van der Waals surface area (Å²) >= 11 is 0. The molecule has 0 aromatic carbocycles. The molecule has 0 heterocycles. The summed E-state index contributed by atoms with van der Waals surface area (Å²) in [7, 11) is 3.69. The van der Waals surface area contributed by atoms with E-state index in [1.807, 2.05) is 19.0 Å².